The number of hydrogen-bond acceptors (Lipinski definition) is 0. The van der Waals surface area contributed by atoms with Gasteiger partial charge in [-0.3, -0.25) is 0 Å². The van der Waals surface area contributed by atoms with E-state index in [1.165, 1.54) is 0 Å². The van der Waals surface area contributed by atoms with E-state index in [-0.39, 0.29) is 19.5 Å². The molecule has 0 amide bonds. The zero-order valence-electron chi connectivity index (χ0n) is 3.77. The van der Waals surface area contributed by atoms with E-state index in [0.717, 1.165) is 6.32 Å². The van der Waals surface area contributed by atoms with Crippen molar-refractivity contribution >= 4 is 22.0 Å². The van der Waals surface area contributed by atoms with E-state index in [4.69, 9.17) is 7.74 Å². The fraction of sp³-hybridized carbons (Fsp3) is 1.00. The molecule has 0 aliphatic carbocycles. The van der Waals surface area contributed by atoms with Crippen LogP contribution in [0.25, 0.3) is 0 Å². The molecule has 0 unspecified atom stereocenters. The molecule has 5 radical (unpaired) electrons. The standard InChI is InChI=1S/C2H5B3.Rh/c1-2-4-5-3;/h2H2,1H3;. The van der Waals surface area contributed by atoms with Gasteiger partial charge in [0.2, 0.25) is 0 Å². The maximum absolute atomic E-state index is 4.96. The first-order valence-corrected chi connectivity index (χ1v) is 1.78. The fourth-order valence-electron chi connectivity index (χ4n) is 0.136. The second kappa shape index (κ2) is 9.26. The van der Waals surface area contributed by atoms with E-state index in [9.17, 15) is 0 Å². The van der Waals surface area contributed by atoms with Crippen LogP contribution in [0.3, 0.4) is 0 Å². The Hall–Kier alpha value is 0.818. The molecule has 0 aliphatic rings. The van der Waals surface area contributed by atoms with E-state index in [0.29, 0.717) is 0 Å². The van der Waals surface area contributed by atoms with Gasteiger partial charge in [-0.2, -0.15) is 0 Å². The van der Waals surface area contributed by atoms with E-state index < -0.39 is 0 Å². The van der Waals surface area contributed by atoms with Crippen LogP contribution in [-0.2, 0) is 19.5 Å². The minimum Gasteiger partial charge on any atom is -0.0923 e. The quantitative estimate of drug-likeness (QED) is 0.497. The molecule has 0 nitrogen and oxygen atoms in total. The summed E-state index contributed by atoms with van der Waals surface area (Å²) in [5.41, 5.74) is 0. The van der Waals surface area contributed by atoms with Gasteiger partial charge in [-0.25, -0.2) is 0 Å². The smallest absolute Gasteiger partial charge is 0.0541 e. The fourth-order valence-corrected chi connectivity index (χ4v) is 0.136. The molecule has 0 aromatic heterocycles. The molecule has 0 saturated heterocycles. The van der Waals surface area contributed by atoms with Crippen LogP contribution < -0.4 is 0 Å². The first-order chi connectivity index (χ1) is 2.41. The van der Waals surface area contributed by atoms with Crippen molar-refractivity contribution in [2.45, 2.75) is 13.2 Å². The van der Waals surface area contributed by atoms with Gasteiger partial charge in [-0.05, 0) is 0 Å². The zero-order valence-corrected chi connectivity index (χ0v) is 5.41. The van der Waals surface area contributed by atoms with Gasteiger partial charge in [0.25, 0.3) is 0 Å². The van der Waals surface area contributed by atoms with E-state index in [2.05, 4.69) is 0 Å². The number of rotatable bonds is 2. The van der Waals surface area contributed by atoms with Gasteiger partial charge in [0, 0.05) is 34.3 Å². The van der Waals surface area contributed by atoms with Crippen molar-refractivity contribution in [3.8, 4) is 0 Å². The van der Waals surface area contributed by atoms with Crippen molar-refractivity contribution in [3.05, 3.63) is 0 Å². The van der Waals surface area contributed by atoms with Crippen LogP contribution in [0.15, 0.2) is 0 Å². The maximum atomic E-state index is 4.96. The Kier molecular flexibility index (Phi) is 15.4. The number of hydrogen-bond donors (Lipinski definition) is 0. The summed E-state index contributed by atoms with van der Waals surface area (Å²) in [6.07, 6.45) is 1.04. The largest absolute Gasteiger partial charge is 0.0923 e. The van der Waals surface area contributed by atoms with Crippen LogP contribution in [0.4, 0.5) is 0 Å². The molecule has 6 heavy (non-hydrogen) atoms. The third-order valence-electron chi connectivity index (χ3n) is 0.372. The second-order valence-corrected chi connectivity index (χ2v) is 0.836. The van der Waals surface area contributed by atoms with Gasteiger partial charge in [0.15, 0.2) is 0 Å². The molecule has 0 aromatic rings. The molecular weight excluding hydrogens is 159 g/mol. The monoisotopic (exact) mass is 165 g/mol. The SMILES string of the molecule is [B][B][B]CC.[Rh]. The Labute approximate surface area is 55.1 Å². The third-order valence-corrected chi connectivity index (χ3v) is 0.372. The van der Waals surface area contributed by atoms with Gasteiger partial charge in [-0.15, -0.1) is 0 Å². The maximum Gasteiger partial charge on any atom is 0.0541 e. The van der Waals surface area contributed by atoms with Crippen molar-refractivity contribution in [1.82, 2.24) is 0 Å². The summed E-state index contributed by atoms with van der Waals surface area (Å²) in [5.74, 6) is 0. The van der Waals surface area contributed by atoms with Crippen LogP contribution >= 0.6 is 0 Å². The minimum absolute atomic E-state index is 0. The molecule has 0 aromatic carbocycles. The average molecular weight is 164 g/mol. The third kappa shape index (κ3) is 8.84. The Balaban J connectivity index is 0. The van der Waals surface area contributed by atoms with Gasteiger partial charge >= 0.3 is 0 Å². The molecular formula is C2H5B3Rh. The van der Waals surface area contributed by atoms with E-state index in [1.807, 2.05) is 14.1 Å². The van der Waals surface area contributed by atoms with Crippen molar-refractivity contribution in [3.63, 3.8) is 0 Å². The van der Waals surface area contributed by atoms with Crippen molar-refractivity contribution in [2.24, 2.45) is 0 Å². The summed E-state index contributed by atoms with van der Waals surface area (Å²) >= 11 is 0. The van der Waals surface area contributed by atoms with Gasteiger partial charge in [0.1, 0.15) is 0 Å². The minimum atomic E-state index is 0. The molecule has 0 bridgehead atoms. The van der Waals surface area contributed by atoms with Gasteiger partial charge in [-0.1, -0.05) is 13.2 Å². The van der Waals surface area contributed by atoms with Crippen LogP contribution in [0, 0.1) is 0 Å². The van der Waals surface area contributed by atoms with Crippen molar-refractivity contribution in [1.29, 1.82) is 0 Å². The van der Waals surface area contributed by atoms with Gasteiger partial charge < -0.3 is 0 Å². The van der Waals surface area contributed by atoms with Crippen LogP contribution in [-0.4, -0.2) is 22.0 Å². The predicted octanol–water partition coefficient (Wildman–Crippen LogP) is -0.171. The summed E-state index contributed by atoms with van der Waals surface area (Å²) in [5, 5.41) is 0. The Morgan fingerprint density at radius 1 is 1.67 bits per heavy atom. The van der Waals surface area contributed by atoms with Crippen molar-refractivity contribution < 1.29 is 19.5 Å². The Morgan fingerprint density at radius 3 is 2.17 bits per heavy atom. The van der Waals surface area contributed by atoms with Crippen LogP contribution in [0.2, 0.25) is 6.32 Å². The van der Waals surface area contributed by atoms with Crippen LogP contribution in [0.5, 0.6) is 0 Å². The molecule has 4 heteroatoms. The summed E-state index contributed by atoms with van der Waals surface area (Å²) in [6.45, 7) is 2.04. The average Bonchev–Trinajstić information content (AvgIpc) is 1.41. The summed E-state index contributed by atoms with van der Waals surface area (Å²) in [7, 11) is 8.42. The molecule has 0 N–H and O–H groups in total. The van der Waals surface area contributed by atoms with Gasteiger partial charge in [0.05, 0.1) is 7.17 Å². The predicted molar refractivity (Wildman–Crippen MR) is 27.7 cm³/mol. The summed E-state index contributed by atoms with van der Waals surface area (Å²) < 4.78 is 0. The summed E-state index contributed by atoms with van der Waals surface area (Å²) in [6, 6.07) is 0. The summed E-state index contributed by atoms with van der Waals surface area (Å²) in [4.78, 5) is 0. The molecule has 0 aliphatic heterocycles. The Morgan fingerprint density at radius 2 is 2.17 bits per heavy atom. The molecule has 31 valence electrons. The molecule has 0 atom stereocenters. The van der Waals surface area contributed by atoms with Crippen LogP contribution in [0.1, 0.15) is 6.92 Å². The zero-order chi connectivity index (χ0) is 4.12. The second-order valence-electron chi connectivity index (χ2n) is 0.836. The molecule has 0 heterocycles. The Bertz CT molecular complexity index is 16.3. The first-order valence-electron chi connectivity index (χ1n) is 1.78. The molecule has 0 saturated carbocycles. The molecule has 0 fully saturated rings. The molecule has 0 rings (SSSR count). The first kappa shape index (κ1) is 9.94. The molecule has 0 spiro atoms. The van der Waals surface area contributed by atoms with Crippen molar-refractivity contribution in [2.75, 3.05) is 0 Å². The van der Waals surface area contributed by atoms with E-state index in [1.54, 1.807) is 7.06 Å². The topological polar surface area (TPSA) is 0 Å². The normalized spacial score (nSPS) is 5.50. The van der Waals surface area contributed by atoms with E-state index >= 15 is 0 Å².